The fourth-order valence-electron chi connectivity index (χ4n) is 4.94. The van der Waals surface area contributed by atoms with Crippen LogP contribution in [0.25, 0.3) is 0 Å². The highest BCUT2D eigenvalue weighted by molar-refractivity contribution is 5.90. The SMILES string of the molecule is C=CC(=O)OCCCCOc1ccc(C(=O)O[C@@H]2COC3[C@@H]2OC[C@]3(C)OC(=O)c2ccc(OCCCCOC(=O)C=C)cc2)cc1. The fraction of sp³-hybridized carbons (Fsp3) is 0.429. The molecule has 0 aliphatic carbocycles. The highest BCUT2D eigenvalue weighted by Crippen LogP contribution is 2.38. The van der Waals surface area contributed by atoms with E-state index in [1.54, 1.807) is 55.5 Å². The predicted octanol–water partition coefficient (Wildman–Crippen LogP) is 4.40. The summed E-state index contributed by atoms with van der Waals surface area (Å²) in [5.41, 5.74) is -0.411. The second-order valence-corrected chi connectivity index (χ2v) is 11.1. The summed E-state index contributed by atoms with van der Waals surface area (Å²) in [6.07, 6.45) is 3.03. The molecule has 47 heavy (non-hydrogen) atoms. The number of carbonyl (C=O) groups is 4. The minimum Gasteiger partial charge on any atom is -0.494 e. The summed E-state index contributed by atoms with van der Waals surface area (Å²) < 4.78 is 44.6. The van der Waals surface area contributed by atoms with Crippen molar-refractivity contribution in [3.05, 3.63) is 85.0 Å². The maximum Gasteiger partial charge on any atom is 0.338 e. The Bertz CT molecular complexity index is 1390. The molecule has 0 spiro atoms. The Morgan fingerprint density at radius 2 is 1.23 bits per heavy atom. The zero-order valence-corrected chi connectivity index (χ0v) is 26.4. The van der Waals surface area contributed by atoms with Crippen LogP contribution in [0.5, 0.6) is 11.5 Å². The molecule has 2 heterocycles. The smallest absolute Gasteiger partial charge is 0.338 e. The Hall–Kier alpha value is -4.68. The molecule has 4 rings (SSSR count). The minimum atomic E-state index is -1.08. The number of carbonyl (C=O) groups excluding carboxylic acids is 4. The molecule has 2 aromatic rings. The molecule has 0 N–H and O–H groups in total. The first kappa shape index (κ1) is 35.2. The molecule has 0 saturated carbocycles. The predicted molar refractivity (Wildman–Crippen MR) is 167 cm³/mol. The van der Waals surface area contributed by atoms with E-state index in [0.29, 0.717) is 74.7 Å². The summed E-state index contributed by atoms with van der Waals surface area (Å²) in [7, 11) is 0. The van der Waals surface area contributed by atoms with E-state index in [0.717, 1.165) is 12.2 Å². The molecule has 0 aromatic heterocycles. The van der Waals surface area contributed by atoms with E-state index in [4.69, 9.17) is 37.9 Å². The van der Waals surface area contributed by atoms with Crippen molar-refractivity contribution in [1.29, 1.82) is 0 Å². The van der Waals surface area contributed by atoms with Gasteiger partial charge in [-0.3, -0.25) is 0 Å². The van der Waals surface area contributed by atoms with Gasteiger partial charge in [0, 0.05) is 12.2 Å². The molecule has 0 bridgehead atoms. The lowest BCUT2D eigenvalue weighted by atomic mass is 9.97. The first-order valence-electron chi connectivity index (χ1n) is 15.4. The summed E-state index contributed by atoms with van der Waals surface area (Å²) >= 11 is 0. The van der Waals surface area contributed by atoms with Gasteiger partial charge in [-0.1, -0.05) is 13.2 Å². The Balaban J connectivity index is 1.18. The molecule has 2 saturated heterocycles. The van der Waals surface area contributed by atoms with E-state index in [1.807, 2.05) is 0 Å². The monoisotopic (exact) mass is 652 g/mol. The molecular formula is C35H40O12. The highest BCUT2D eigenvalue weighted by atomic mass is 16.7. The van der Waals surface area contributed by atoms with Crippen molar-refractivity contribution < 1.29 is 57.1 Å². The molecule has 1 unspecified atom stereocenters. The second-order valence-electron chi connectivity index (χ2n) is 11.1. The zero-order chi connectivity index (χ0) is 33.6. The number of fused-ring (bicyclic) bond motifs is 1. The molecule has 12 nitrogen and oxygen atoms in total. The van der Waals surface area contributed by atoms with Crippen LogP contribution in [0.2, 0.25) is 0 Å². The summed E-state index contributed by atoms with van der Waals surface area (Å²) in [6.45, 7) is 10.0. The van der Waals surface area contributed by atoms with Gasteiger partial charge in [0.1, 0.15) is 23.7 Å². The number of esters is 4. The van der Waals surface area contributed by atoms with Gasteiger partial charge in [0.2, 0.25) is 0 Å². The quantitative estimate of drug-likeness (QED) is 0.0975. The first-order chi connectivity index (χ1) is 22.7. The Morgan fingerprint density at radius 1 is 0.745 bits per heavy atom. The summed E-state index contributed by atoms with van der Waals surface area (Å²) in [4.78, 5) is 48.0. The molecule has 2 fully saturated rings. The van der Waals surface area contributed by atoms with Gasteiger partial charge in [-0.05, 0) is 81.1 Å². The molecule has 2 aromatic carbocycles. The van der Waals surface area contributed by atoms with Gasteiger partial charge in [-0.2, -0.15) is 0 Å². The van der Waals surface area contributed by atoms with Crippen LogP contribution in [0, 0.1) is 0 Å². The van der Waals surface area contributed by atoms with E-state index < -0.39 is 47.8 Å². The molecule has 2 aliphatic heterocycles. The van der Waals surface area contributed by atoms with Crippen molar-refractivity contribution in [2.75, 3.05) is 39.6 Å². The molecular weight excluding hydrogens is 612 g/mol. The van der Waals surface area contributed by atoms with Crippen molar-refractivity contribution in [2.45, 2.75) is 56.5 Å². The molecule has 4 atom stereocenters. The van der Waals surface area contributed by atoms with Gasteiger partial charge in [-0.15, -0.1) is 0 Å². The minimum absolute atomic E-state index is 0.0775. The lowest BCUT2D eigenvalue weighted by Crippen LogP contribution is -2.45. The number of unbranched alkanes of at least 4 members (excludes halogenated alkanes) is 2. The van der Waals surface area contributed by atoms with Crippen molar-refractivity contribution in [2.24, 2.45) is 0 Å². The Morgan fingerprint density at radius 3 is 1.74 bits per heavy atom. The van der Waals surface area contributed by atoms with E-state index in [9.17, 15) is 19.2 Å². The van der Waals surface area contributed by atoms with Crippen LogP contribution < -0.4 is 9.47 Å². The number of benzene rings is 2. The Kier molecular flexibility index (Phi) is 12.9. The maximum absolute atomic E-state index is 13.0. The lowest BCUT2D eigenvalue weighted by molar-refractivity contribution is -0.138. The number of ether oxygens (including phenoxy) is 8. The van der Waals surface area contributed by atoms with Crippen molar-refractivity contribution in [1.82, 2.24) is 0 Å². The number of rotatable bonds is 18. The maximum atomic E-state index is 13.0. The van der Waals surface area contributed by atoms with Gasteiger partial charge in [0.25, 0.3) is 0 Å². The molecule has 0 amide bonds. The third kappa shape index (κ3) is 10.2. The fourth-order valence-corrected chi connectivity index (χ4v) is 4.94. The van der Waals surface area contributed by atoms with E-state index >= 15 is 0 Å². The van der Waals surface area contributed by atoms with Gasteiger partial charge >= 0.3 is 23.9 Å². The van der Waals surface area contributed by atoms with Crippen LogP contribution >= 0.6 is 0 Å². The van der Waals surface area contributed by atoms with Crippen LogP contribution in [0.3, 0.4) is 0 Å². The van der Waals surface area contributed by atoms with Gasteiger partial charge in [0.15, 0.2) is 11.7 Å². The van der Waals surface area contributed by atoms with Gasteiger partial charge in [-0.25, -0.2) is 19.2 Å². The van der Waals surface area contributed by atoms with Crippen LogP contribution in [0.15, 0.2) is 73.8 Å². The highest BCUT2D eigenvalue weighted by Gasteiger charge is 2.58. The zero-order valence-electron chi connectivity index (χ0n) is 26.4. The van der Waals surface area contributed by atoms with Crippen LogP contribution in [-0.4, -0.2) is 87.4 Å². The van der Waals surface area contributed by atoms with E-state index in [-0.39, 0.29) is 13.2 Å². The molecule has 0 radical (unpaired) electrons. The summed E-state index contributed by atoms with van der Waals surface area (Å²) in [6, 6.07) is 13.2. The van der Waals surface area contributed by atoms with Crippen molar-refractivity contribution in [3.8, 4) is 11.5 Å². The molecule has 2 aliphatic rings. The largest absolute Gasteiger partial charge is 0.494 e. The lowest BCUT2D eigenvalue weighted by Gasteiger charge is -2.28. The third-order valence-corrected chi connectivity index (χ3v) is 7.47. The van der Waals surface area contributed by atoms with Crippen LogP contribution in [-0.2, 0) is 38.0 Å². The standard InChI is InChI=1S/C35H40O12/c1-4-29(36)42-20-8-6-18-40-26-14-10-24(11-15-26)33(38)46-28-22-44-32-31(28)45-23-35(32,3)47-34(39)25-12-16-27(17-13-25)41-19-7-9-21-43-30(37)5-2/h4-5,10-17,28,31-32H,1-2,6-9,18-23H2,3H3/t28-,31-,32?,35+/m1/s1. The normalized spacial score (nSPS) is 21.2. The second kappa shape index (κ2) is 17.3. The third-order valence-electron chi connectivity index (χ3n) is 7.47. The van der Waals surface area contributed by atoms with Gasteiger partial charge < -0.3 is 37.9 Å². The average molecular weight is 653 g/mol. The van der Waals surface area contributed by atoms with E-state index in [2.05, 4.69) is 13.2 Å². The Labute approximate surface area is 273 Å². The van der Waals surface area contributed by atoms with Crippen molar-refractivity contribution in [3.63, 3.8) is 0 Å². The summed E-state index contributed by atoms with van der Waals surface area (Å²) in [5.74, 6) is -0.811. The average Bonchev–Trinajstić information content (AvgIpc) is 3.64. The topological polar surface area (TPSA) is 142 Å². The van der Waals surface area contributed by atoms with Gasteiger partial charge in [0.05, 0.1) is 50.8 Å². The molecule has 12 heteroatoms. The van der Waals surface area contributed by atoms with Crippen LogP contribution in [0.1, 0.15) is 53.3 Å². The molecule has 252 valence electrons. The summed E-state index contributed by atoms with van der Waals surface area (Å²) in [5, 5.41) is 0. The first-order valence-corrected chi connectivity index (χ1v) is 15.4. The van der Waals surface area contributed by atoms with Crippen LogP contribution in [0.4, 0.5) is 0 Å². The van der Waals surface area contributed by atoms with Crippen molar-refractivity contribution >= 4 is 23.9 Å². The number of hydrogen-bond donors (Lipinski definition) is 0. The number of hydrogen-bond acceptors (Lipinski definition) is 12. The van der Waals surface area contributed by atoms with E-state index in [1.165, 1.54) is 0 Å².